The largest absolute Gasteiger partial charge is 0.514 e. The van der Waals surface area contributed by atoms with E-state index in [1.165, 1.54) is 0 Å². The van der Waals surface area contributed by atoms with E-state index in [0.717, 1.165) is 11.1 Å². The Bertz CT molecular complexity index is 655. The van der Waals surface area contributed by atoms with Gasteiger partial charge in [-0.15, -0.1) is 0 Å². The second-order valence-corrected chi connectivity index (χ2v) is 5.09. The van der Waals surface area contributed by atoms with E-state index in [1.807, 2.05) is 24.3 Å². The van der Waals surface area contributed by atoms with Crippen molar-refractivity contribution in [2.75, 3.05) is 0 Å². The number of ether oxygens (including phenoxy) is 2. The lowest BCUT2D eigenvalue weighted by Crippen LogP contribution is -2.15. The molecular formula is C20H22O4. The Morgan fingerprint density at radius 1 is 0.958 bits per heavy atom. The highest BCUT2D eigenvalue weighted by Crippen LogP contribution is 2.13. The quantitative estimate of drug-likeness (QED) is 0.613. The molecule has 0 aliphatic rings. The first-order valence-corrected chi connectivity index (χ1v) is 7.47. The Hall–Kier alpha value is -3.01. The van der Waals surface area contributed by atoms with Crippen molar-refractivity contribution < 1.29 is 19.4 Å². The van der Waals surface area contributed by atoms with Crippen molar-refractivity contribution in [2.24, 2.45) is 0 Å². The van der Waals surface area contributed by atoms with Crippen LogP contribution in [0.3, 0.4) is 0 Å². The van der Waals surface area contributed by atoms with Crippen LogP contribution < -0.4 is 4.74 Å². The van der Waals surface area contributed by atoms with Gasteiger partial charge in [-0.1, -0.05) is 49.6 Å². The lowest BCUT2D eigenvalue weighted by atomic mass is 10.2. The van der Waals surface area contributed by atoms with Gasteiger partial charge in [0.25, 0.3) is 0 Å². The lowest BCUT2D eigenvalue weighted by molar-refractivity contribution is 0.0729. The van der Waals surface area contributed by atoms with Gasteiger partial charge in [0.05, 0.1) is 6.10 Å². The summed E-state index contributed by atoms with van der Waals surface area (Å²) in [6.07, 6.45) is 2.59. The number of hydrogen-bond acceptors (Lipinski definition) is 4. The van der Waals surface area contributed by atoms with Gasteiger partial charge in [-0.05, 0) is 49.2 Å². The molecule has 24 heavy (non-hydrogen) atoms. The second-order valence-electron chi connectivity index (χ2n) is 5.09. The fourth-order valence-corrected chi connectivity index (χ4v) is 1.60. The van der Waals surface area contributed by atoms with Crippen molar-refractivity contribution in [3.63, 3.8) is 0 Å². The molecule has 0 aliphatic heterocycles. The number of aromatic hydroxyl groups is 1. The molecule has 0 heterocycles. The summed E-state index contributed by atoms with van der Waals surface area (Å²) in [4.78, 5) is 11.1. The summed E-state index contributed by atoms with van der Waals surface area (Å²) in [5, 5.41) is 8.82. The highest BCUT2D eigenvalue weighted by atomic mass is 16.7. The first-order valence-electron chi connectivity index (χ1n) is 7.47. The van der Waals surface area contributed by atoms with Crippen LogP contribution in [0.25, 0.3) is 12.2 Å². The average molecular weight is 326 g/mol. The van der Waals surface area contributed by atoms with Gasteiger partial charge in [-0.25, -0.2) is 4.79 Å². The fourth-order valence-electron chi connectivity index (χ4n) is 1.60. The summed E-state index contributed by atoms with van der Waals surface area (Å²) in [7, 11) is 0. The van der Waals surface area contributed by atoms with E-state index in [9.17, 15) is 4.79 Å². The minimum atomic E-state index is -0.684. The van der Waals surface area contributed by atoms with E-state index < -0.39 is 6.16 Å². The molecular weight excluding hydrogens is 304 g/mol. The highest BCUT2D eigenvalue weighted by Gasteiger charge is 2.07. The van der Waals surface area contributed by atoms with Crippen molar-refractivity contribution in [3.8, 4) is 11.5 Å². The maximum absolute atomic E-state index is 11.1. The van der Waals surface area contributed by atoms with Crippen molar-refractivity contribution in [3.05, 3.63) is 72.8 Å². The molecule has 0 saturated carbocycles. The number of hydrogen-bond donors (Lipinski definition) is 1. The van der Waals surface area contributed by atoms with Crippen LogP contribution in [0.2, 0.25) is 0 Å². The fraction of sp³-hybridized carbons (Fsp3) is 0.150. The highest BCUT2D eigenvalue weighted by molar-refractivity contribution is 5.64. The van der Waals surface area contributed by atoms with E-state index in [2.05, 4.69) is 13.2 Å². The zero-order chi connectivity index (χ0) is 17.9. The zero-order valence-corrected chi connectivity index (χ0v) is 13.9. The summed E-state index contributed by atoms with van der Waals surface area (Å²) in [5.74, 6) is 0.756. The molecule has 0 unspecified atom stereocenters. The van der Waals surface area contributed by atoms with Crippen LogP contribution in [0.5, 0.6) is 11.5 Å². The predicted octanol–water partition coefficient (Wildman–Crippen LogP) is 5.29. The number of benzene rings is 2. The van der Waals surface area contributed by atoms with Crippen molar-refractivity contribution in [1.29, 1.82) is 0 Å². The molecule has 0 atom stereocenters. The number of phenols is 1. The van der Waals surface area contributed by atoms with Gasteiger partial charge >= 0.3 is 6.16 Å². The van der Waals surface area contributed by atoms with Crippen molar-refractivity contribution in [2.45, 2.75) is 20.0 Å². The minimum absolute atomic E-state index is 0.176. The molecule has 2 aromatic rings. The predicted molar refractivity (Wildman–Crippen MR) is 97.0 cm³/mol. The summed E-state index contributed by atoms with van der Waals surface area (Å²) < 4.78 is 9.76. The van der Waals surface area contributed by atoms with E-state index in [4.69, 9.17) is 14.6 Å². The van der Waals surface area contributed by atoms with Gasteiger partial charge in [-0.2, -0.15) is 0 Å². The summed E-state index contributed by atoms with van der Waals surface area (Å²) in [6, 6.07) is 13.9. The summed E-state index contributed by atoms with van der Waals surface area (Å²) in [6.45, 7) is 10.7. The Morgan fingerprint density at radius 3 is 1.83 bits per heavy atom. The number of carbonyl (C=O) groups is 1. The Morgan fingerprint density at radius 2 is 1.42 bits per heavy atom. The first kappa shape index (κ1) is 19.0. The molecule has 2 aromatic carbocycles. The molecule has 1 N–H and O–H groups in total. The van der Waals surface area contributed by atoms with Crippen LogP contribution in [0.4, 0.5) is 4.79 Å². The molecule has 4 nitrogen and oxygen atoms in total. The smallest absolute Gasteiger partial charge is 0.508 e. The Balaban J connectivity index is 0.000000272. The van der Waals surface area contributed by atoms with Crippen molar-refractivity contribution in [1.82, 2.24) is 0 Å². The molecule has 0 spiro atoms. The molecule has 0 bridgehead atoms. The lowest BCUT2D eigenvalue weighted by Gasteiger charge is -2.08. The van der Waals surface area contributed by atoms with Gasteiger partial charge in [0.2, 0.25) is 0 Å². The third-order valence-corrected chi connectivity index (χ3v) is 2.78. The molecule has 2 rings (SSSR count). The second kappa shape index (κ2) is 9.90. The third kappa shape index (κ3) is 7.31. The molecule has 4 heteroatoms. The van der Waals surface area contributed by atoms with E-state index in [0.29, 0.717) is 11.5 Å². The zero-order valence-electron chi connectivity index (χ0n) is 13.9. The maximum Gasteiger partial charge on any atom is 0.514 e. The van der Waals surface area contributed by atoms with E-state index in [1.54, 1.807) is 50.3 Å². The maximum atomic E-state index is 11.1. The monoisotopic (exact) mass is 326 g/mol. The van der Waals surface area contributed by atoms with E-state index in [-0.39, 0.29) is 6.10 Å². The summed E-state index contributed by atoms with van der Waals surface area (Å²) in [5.41, 5.74) is 1.99. The van der Waals surface area contributed by atoms with Gasteiger partial charge in [0, 0.05) is 0 Å². The number of rotatable bonds is 4. The van der Waals surface area contributed by atoms with Gasteiger partial charge in [0.1, 0.15) is 11.5 Å². The van der Waals surface area contributed by atoms with Crippen LogP contribution in [0.1, 0.15) is 25.0 Å². The van der Waals surface area contributed by atoms with E-state index >= 15 is 0 Å². The summed E-state index contributed by atoms with van der Waals surface area (Å²) >= 11 is 0. The molecule has 0 aliphatic carbocycles. The van der Waals surface area contributed by atoms with Gasteiger partial charge in [-0.3, -0.25) is 0 Å². The van der Waals surface area contributed by atoms with Crippen molar-refractivity contribution >= 4 is 18.3 Å². The van der Waals surface area contributed by atoms with Crippen LogP contribution >= 0.6 is 0 Å². The van der Waals surface area contributed by atoms with Crippen LogP contribution in [0.15, 0.2) is 61.7 Å². The molecule has 0 amide bonds. The standard InChI is InChI=1S/C12H14O3.C8H8O/c1-4-10-5-7-11(8-6-10)15-12(13)14-9(2)3;1-2-7-3-5-8(9)6-4-7/h4-9H,1H2,2-3H3;2-6,9H,1H2. The van der Waals surface area contributed by atoms with Gasteiger partial charge in [0.15, 0.2) is 0 Å². The van der Waals surface area contributed by atoms with Crippen LogP contribution in [-0.4, -0.2) is 17.4 Å². The molecule has 0 saturated heterocycles. The average Bonchev–Trinajstić information content (AvgIpc) is 2.56. The topological polar surface area (TPSA) is 55.8 Å². The number of phenolic OH excluding ortho intramolecular Hbond substituents is 1. The molecule has 0 aromatic heterocycles. The molecule has 0 fully saturated rings. The Labute approximate surface area is 142 Å². The minimum Gasteiger partial charge on any atom is -0.508 e. The van der Waals surface area contributed by atoms with Crippen LogP contribution in [-0.2, 0) is 4.74 Å². The third-order valence-electron chi connectivity index (χ3n) is 2.78. The SMILES string of the molecule is C=Cc1ccc(O)cc1.C=Cc1ccc(OC(=O)OC(C)C)cc1. The first-order chi connectivity index (χ1) is 11.4. The normalized spacial score (nSPS) is 9.46. The Kier molecular flexibility index (Phi) is 7.85. The molecule has 126 valence electrons. The van der Waals surface area contributed by atoms with Crippen LogP contribution in [0, 0.1) is 0 Å². The van der Waals surface area contributed by atoms with Gasteiger partial charge < -0.3 is 14.6 Å². The molecule has 0 radical (unpaired) electrons. The number of carbonyl (C=O) groups excluding carboxylic acids is 1.